The summed E-state index contributed by atoms with van der Waals surface area (Å²) in [5, 5.41) is 0. The molecule has 0 aromatic heterocycles. The number of hydrogen-bond acceptors (Lipinski definition) is 6. The van der Waals surface area contributed by atoms with Gasteiger partial charge in [-0.15, -0.1) is 17.9 Å². The molecule has 1 aliphatic heterocycles. The summed E-state index contributed by atoms with van der Waals surface area (Å²) in [7, 11) is 8.27. The van der Waals surface area contributed by atoms with Crippen LogP contribution in [0.5, 0.6) is 0 Å². The molecule has 0 aliphatic carbocycles. The summed E-state index contributed by atoms with van der Waals surface area (Å²) in [5.74, 6) is 0. The highest BCUT2D eigenvalue weighted by molar-refractivity contribution is 5.85. The Bertz CT molecular complexity index is 265. The lowest BCUT2D eigenvalue weighted by Gasteiger charge is -2.25. The fourth-order valence-electron chi connectivity index (χ4n) is 2.10. The van der Waals surface area contributed by atoms with Gasteiger partial charge in [0.1, 0.15) is 0 Å². The van der Waals surface area contributed by atoms with E-state index >= 15 is 0 Å². The third-order valence-corrected chi connectivity index (χ3v) is 3.62. The Kier molecular flexibility index (Phi) is 10.8. The average molecular weight is 340 g/mol. The van der Waals surface area contributed by atoms with Crippen molar-refractivity contribution in [2.24, 2.45) is 0 Å². The van der Waals surface area contributed by atoms with Crippen LogP contribution in [-0.4, -0.2) is 69.4 Å². The highest BCUT2D eigenvalue weighted by Gasteiger charge is 2.52. The van der Waals surface area contributed by atoms with E-state index in [2.05, 4.69) is 57.3 Å². The van der Waals surface area contributed by atoms with Crippen LogP contribution >= 0.6 is 12.4 Å². The van der Waals surface area contributed by atoms with Gasteiger partial charge in [0, 0.05) is 0 Å². The summed E-state index contributed by atoms with van der Waals surface area (Å²) in [6, 6.07) is 0. The Morgan fingerprint density at radius 1 is 0.909 bits per heavy atom. The molecule has 0 aromatic rings. The van der Waals surface area contributed by atoms with Gasteiger partial charge >= 0.3 is 6.10 Å². The molecular weight excluding hydrogens is 306 g/mol. The van der Waals surface area contributed by atoms with Gasteiger partial charge < -0.3 is 19.3 Å². The van der Waals surface area contributed by atoms with Crippen LogP contribution in [0.4, 0.5) is 0 Å². The van der Waals surface area contributed by atoms with E-state index in [9.17, 15) is 0 Å². The fourth-order valence-corrected chi connectivity index (χ4v) is 2.10. The number of nitrogens with zero attached hydrogens (tertiary/aromatic N) is 2. The molecule has 1 heterocycles. The van der Waals surface area contributed by atoms with E-state index in [1.165, 1.54) is 0 Å². The smallest absolute Gasteiger partial charge is 0.309 e. The Balaban J connectivity index is 0.00000441. The van der Waals surface area contributed by atoms with Crippen LogP contribution < -0.4 is 5.48 Å². The third-order valence-electron chi connectivity index (χ3n) is 3.62. The van der Waals surface area contributed by atoms with Crippen molar-refractivity contribution >= 4 is 12.4 Å². The van der Waals surface area contributed by atoms with E-state index in [0.29, 0.717) is 0 Å². The molecule has 2 unspecified atom stereocenters. The van der Waals surface area contributed by atoms with Gasteiger partial charge in [0.2, 0.25) is 0 Å². The molecule has 0 bridgehead atoms. The van der Waals surface area contributed by atoms with Gasteiger partial charge in [-0.3, -0.25) is 0 Å². The predicted molar refractivity (Wildman–Crippen MR) is 90.9 cm³/mol. The first kappa shape index (κ1) is 22.1. The Morgan fingerprint density at radius 3 is 1.50 bits per heavy atom. The molecule has 6 nitrogen and oxygen atoms in total. The number of hydroxylamine groups is 1. The second-order valence-electron chi connectivity index (χ2n) is 6.24. The van der Waals surface area contributed by atoms with Gasteiger partial charge in [-0.1, -0.05) is 13.8 Å². The molecular formula is C15H34ClN3O3. The first-order valence-corrected chi connectivity index (χ1v) is 8.01. The zero-order valence-electron chi connectivity index (χ0n) is 14.9. The number of rotatable bonds is 12. The number of halogens is 1. The lowest BCUT2D eigenvalue weighted by molar-refractivity contribution is -0.273. The van der Waals surface area contributed by atoms with Crippen LogP contribution in [0.2, 0.25) is 0 Å². The summed E-state index contributed by atoms with van der Waals surface area (Å²) in [6.07, 6.45) is 3.07. The Hall–Kier alpha value is 0.0500. The highest BCUT2D eigenvalue weighted by Crippen LogP contribution is 2.29. The maximum absolute atomic E-state index is 5.99. The molecule has 1 saturated heterocycles. The maximum atomic E-state index is 5.99. The normalized spacial score (nSPS) is 23.5. The minimum Gasteiger partial charge on any atom is -0.309 e. The standard InChI is InChI=1S/C15H33N3O3.ClH/c1-7-13(9-11-17(3)4)19-15(16-21-15)20-14(8-2)10-12-18(5)6;/h13-14,16H,7-12H2,1-6H3;1H. The van der Waals surface area contributed by atoms with Gasteiger partial charge in [-0.05, 0) is 67.0 Å². The van der Waals surface area contributed by atoms with E-state index in [-0.39, 0.29) is 24.6 Å². The molecule has 1 N–H and O–H groups in total. The molecule has 0 radical (unpaired) electrons. The molecule has 7 heteroatoms. The first-order valence-electron chi connectivity index (χ1n) is 8.01. The highest BCUT2D eigenvalue weighted by atomic mass is 35.5. The molecule has 0 saturated carbocycles. The molecule has 134 valence electrons. The van der Waals surface area contributed by atoms with Crippen LogP contribution in [-0.2, 0) is 14.3 Å². The second-order valence-corrected chi connectivity index (χ2v) is 6.24. The van der Waals surface area contributed by atoms with Crippen molar-refractivity contribution < 1.29 is 14.3 Å². The first-order chi connectivity index (χ1) is 9.90. The number of nitrogens with one attached hydrogen (secondary N) is 1. The predicted octanol–water partition coefficient (Wildman–Crippen LogP) is 2.05. The molecule has 0 spiro atoms. The number of hydrogen-bond donors (Lipinski definition) is 1. The summed E-state index contributed by atoms with van der Waals surface area (Å²) < 4.78 is 12.0. The van der Waals surface area contributed by atoms with Gasteiger partial charge in [0.15, 0.2) is 0 Å². The van der Waals surface area contributed by atoms with Gasteiger partial charge in [-0.25, -0.2) is 4.84 Å². The Labute approximate surface area is 141 Å². The van der Waals surface area contributed by atoms with Crippen LogP contribution in [0.25, 0.3) is 0 Å². The van der Waals surface area contributed by atoms with Gasteiger partial charge in [0.25, 0.3) is 0 Å². The van der Waals surface area contributed by atoms with Crippen molar-refractivity contribution in [3.05, 3.63) is 0 Å². The topological polar surface area (TPSA) is 59.4 Å². The fraction of sp³-hybridized carbons (Fsp3) is 1.00. The second kappa shape index (κ2) is 10.8. The third kappa shape index (κ3) is 8.62. The zero-order valence-corrected chi connectivity index (χ0v) is 15.7. The zero-order chi connectivity index (χ0) is 15.9. The quantitative estimate of drug-likeness (QED) is 0.434. The van der Waals surface area contributed by atoms with Crippen molar-refractivity contribution in [1.82, 2.24) is 15.3 Å². The number of ether oxygens (including phenoxy) is 2. The van der Waals surface area contributed by atoms with Crippen molar-refractivity contribution in [2.75, 3.05) is 41.3 Å². The summed E-state index contributed by atoms with van der Waals surface area (Å²) in [4.78, 5) is 9.57. The minimum absolute atomic E-state index is 0. The van der Waals surface area contributed by atoms with Crippen LogP contribution in [0.3, 0.4) is 0 Å². The molecule has 2 atom stereocenters. The van der Waals surface area contributed by atoms with Crippen molar-refractivity contribution in [1.29, 1.82) is 0 Å². The average Bonchev–Trinajstić information content (AvgIpc) is 3.19. The van der Waals surface area contributed by atoms with Crippen LogP contribution in [0.1, 0.15) is 39.5 Å². The molecule has 22 heavy (non-hydrogen) atoms. The summed E-state index contributed by atoms with van der Waals surface area (Å²) in [5.41, 5.74) is 2.78. The molecule has 1 aliphatic rings. The van der Waals surface area contributed by atoms with E-state index < -0.39 is 6.10 Å². The lowest BCUT2D eigenvalue weighted by Crippen LogP contribution is -2.36. The van der Waals surface area contributed by atoms with Gasteiger partial charge in [-0.2, -0.15) is 0 Å². The maximum Gasteiger partial charge on any atom is 0.390 e. The Morgan fingerprint density at radius 2 is 1.27 bits per heavy atom. The minimum atomic E-state index is -1.01. The van der Waals surface area contributed by atoms with Crippen LogP contribution in [0.15, 0.2) is 0 Å². The van der Waals surface area contributed by atoms with Crippen molar-refractivity contribution in [3.63, 3.8) is 0 Å². The van der Waals surface area contributed by atoms with E-state index in [0.717, 1.165) is 38.8 Å². The molecule has 1 rings (SSSR count). The SMILES string of the molecule is CCC(CCN(C)C)OC1(OC(CC)CCN(C)C)NO1.Cl. The summed E-state index contributed by atoms with van der Waals surface area (Å²) in [6.45, 7) is 6.23. The van der Waals surface area contributed by atoms with Crippen molar-refractivity contribution in [2.45, 2.75) is 57.8 Å². The monoisotopic (exact) mass is 339 g/mol. The molecule has 0 amide bonds. The van der Waals surface area contributed by atoms with E-state index in [1.54, 1.807) is 0 Å². The van der Waals surface area contributed by atoms with Crippen molar-refractivity contribution in [3.8, 4) is 0 Å². The lowest BCUT2D eigenvalue weighted by atomic mass is 10.2. The van der Waals surface area contributed by atoms with E-state index in [4.69, 9.17) is 14.3 Å². The summed E-state index contributed by atoms with van der Waals surface area (Å²) >= 11 is 0. The van der Waals surface area contributed by atoms with E-state index in [1.807, 2.05) is 0 Å². The molecule has 1 fully saturated rings. The van der Waals surface area contributed by atoms with Gasteiger partial charge in [0.05, 0.1) is 12.2 Å². The largest absolute Gasteiger partial charge is 0.390 e. The molecule has 0 aromatic carbocycles. The van der Waals surface area contributed by atoms with Crippen LogP contribution in [0, 0.1) is 0 Å².